The predicted molar refractivity (Wildman–Crippen MR) is 107 cm³/mol. The Kier molecular flexibility index (Phi) is 4.79. The van der Waals surface area contributed by atoms with Crippen molar-refractivity contribution in [2.24, 2.45) is 0 Å². The number of ether oxygens (including phenoxy) is 1. The summed E-state index contributed by atoms with van der Waals surface area (Å²) in [5, 5.41) is 7.87. The van der Waals surface area contributed by atoms with E-state index in [1.807, 2.05) is 31.2 Å². The van der Waals surface area contributed by atoms with Crippen molar-refractivity contribution in [3.8, 4) is 10.9 Å². The molecule has 28 heavy (non-hydrogen) atoms. The maximum Gasteiger partial charge on any atom is 0.229 e. The van der Waals surface area contributed by atoms with Crippen LogP contribution < -0.4 is 10.1 Å². The number of nitrogens with one attached hydrogen (secondary N) is 1. The van der Waals surface area contributed by atoms with Crippen LogP contribution in [0.4, 0.5) is 10.2 Å². The summed E-state index contributed by atoms with van der Waals surface area (Å²) in [5.74, 6) is 0.784. The van der Waals surface area contributed by atoms with Gasteiger partial charge in [-0.05, 0) is 42.8 Å². The lowest BCUT2D eigenvalue weighted by atomic mass is 10.1. The van der Waals surface area contributed by atoms with Gasteiger partial charge in [0, 0.05) is 6.07 Å². The largest absolute Gasteiger partial charge is 0.497 e. The minimum absolute atomic E-state index is 0.168. The van der Waals surface area contributed by atoms with E-state index in [1.165, 1.54) is 23.5 Å². The average Bonchev–Trinajstić information content (AvgIpc) is 3.24. The van der Waals surface area contributed by atoms with Crippen molar-refractivity contribution in [3.63, 3.8) is 0 Å². The highest BCUT2D eigenvalue weighted by molar-refractivity contribution is 7.20. The van der Waals surface area contributed by atoms with Crippen LogP contribution in [0.2, 0.25) is 0 Å². The van der Waals surface area contributed by atoms with Gasteiger partial charge in [-0.15, -0.1) is 0 Å². The maximum absolute atomic E-state index is 13.5. The normalized spacial score (nSPS) is 11.0. The summed E-state index contributed by atoms with van der Waals surface area (Å²) in [4.78, 5) is 17.0. The van der Waals surface area contributed by atoms with Crippen molar-refractivity contribution in [2.75, 3.05) is 12.4 Å². The van der Waals surface area contributed by atoms with Gasteiger partial charge in [-0.25, -0.2) is 9.37 Å². The minimum atomic E-state index is -0.313. The van der Waals surface area contributed by atoms with Crippen LogP contribution in [0, 0.1) is 12.7 Å². The topological polar surface area (TPSA) is 69.0 Å². The van der Waals surface area contributed by atoms with E-state index in [9.17, 15) is 9.18 Å². The molecule has 6 nitrogen and oxygen atoms in total. The molecule has 0 saturated heterocycles. The SMILES string of the molecule is COc1ccc(CC(=O)Nc2cc(C)nn2-c2nc3ccc(F)cc3s2)cc1. The number of fused-ring (bicyclic) bond motifs is 1. The number of amides is 1. The Balaban J connectivity index is 1.57. The first-order chi connectivity index (χ1) is 13.5. The number of aryl methyl sites for hydroxylation is 1. The number of hydrogen-bond donors (Lipinski definition) is 1. The molecule has 0 aliphatic carbocycles. The first-order valence-electron chi connectivity index (χ1n) is 8.58. The number of hydrogen-bond acceptors (Lipinski definition) is 5. The van der Waals surface area contributed by atoms with Crippen molar-refractivity contribution in [1.82, 2.24) is 14.8 Å². The van der Waals surface area contributed by atoms with E-state index in [4.69, 9.17) is 4.74 Å². The highest BCUT2D eigenvalue weighted by atomic mass is 32.1. The van der Waals surface area contributed by atoms with Crippen LogP contribution in [0.3, 0.4) is 0 Å². The second kappa shape index (κ2) is 7.40. The van der Waals surface area contributed by atoms with Crippen LogP contribution in [0.25, 0.3) is 15.3 Å². The molecule has 0 radical (unpaired) electrons. The highest BCUT2D eigenvalue weighted by Gasteiger charge is 2.15. The molecule has 0 spiro atoms. The Morgan fingerprint density at radius 2 is 2.00 bits per heavy atom. The lowest BCUT2D eigenvalue weighted by Gasteiger charge is -2.07. The molecule has 0 bridgehead atoms. The Morgan fingerprint density at radius 3 is 2.75 bits per heavy atom. The molecule has 0 saturated carbocycles. The number of halogens is 1. The number of thiazole rings is 1. The Hall–Kier alpha value is -3.26. The Morgan fingerprint density at radius 1 is 1.21 bits per heavy atom. The van der Waals surface area contributed by atoms with Crippen LogP contribution in [0.15, 0.2) is 48.5 Å². The van der Waals surface area contributed by atoms with Crippen LogP contribution in [-0.2, 0) is 11.2 Å². The van der Waals surface area contributed by atoms with Crippen molar-refractivity contribution in [3.05, 3.63) is 65.6 Å². The number of carbonyl (C=O) groups excluding carboxylic acids is 1. The van der Waals surface area contributed by atoms with E-state index in [-0.39, 0.29) is 18.1 Å². The number of benzene rings is 2. The summed E-state index contributed by atoms with van der Waals surface area (Å²) in [5.41, 5.74) is 2.30. The summed E-state index contributed by atoms with van der Waals surface area (Å²) >= 11 is 1.31. The standard InChI is InChI=1S/C20H17FN4O2S/c1-12-9-18(23-19(26)10-13-3-6-15(27-2)7-4-13)25(24-12)20-22-16-8-5-14(21)11-17(16)28-20/h3-9,11H,10H2,1-2H3,(H,23,26). The van der Waals surface area contributed by atoms with Gasteiger partial charge in [-0.2, -0.15) is 9.78 Å². The van der Waals surface area contributed by atoms with Crippen molar-refractivity contribution in [2.45, 2.75) is 13.3 Å². The molecule has 0 atom stereocenters. The predicted octanol–water partition coefficient (Wildman–Crippen LogP) is 4.12. The van der Waals surface area contributed by atoms with Gasteiger partial charge in [-0.3, -0.25) is 4.79 Å². The van der Waals surface area contributed by atoms with Gasteiger partial charge in [0.15, 0.2) is 0 Å². The summed E-state index contributed by atoms with van der Waals surface area (Å²) in [7, 11) is 1.60. The van der Waals surface area contributed by atoms with Crippen molar-refractivity contribution < 1.29 is 13.9 Å². The molecule has 2 aromatic carbocycles. The Bertz CT molecular complexity index is 1150. The van der Waals surface area contributed by atoms with Crippen LogP contribution in [0.5, 0.6) is 5.75 Å². The molecule has 0 aliphatic rings. The van der Waals surface area contributed by atoms with E-state index in [0.717, 1.165) is 21.7 Å². The van der Waals surface area contributed by atoms with Crippen molar-refractivity contribution in [1.29, 1.82) is 0 Å². The van der Waals surface area contributed by atoms with E-state index in [2.05, 4.69) is 15.4 Å². The van der Waals surface area contributed by atoms with Crippen LogP contribution in [0.1, 0.15) is 11.3 Å². The second-order valence-electron chi connectivity index (χ2n) is 6.26. The number of nitrogens with zero attached hydrogens (tertiary/aromatic N) is 3. The third-order valence-corrected chi connectivity index (χ3v) is 5.14. The lowest BCUT2D eigenvalue weighted by Crippen LogP contribution is -2.17. The van der Waals surface area contributed by atoms with Crippen LogP contribution >= 0.6 is 11.3 Å². The fourth-order valence-corrected chi connectivity index (χ4v) is 3.78. The fraction of sp³-hybridized carbons (Fsp3) is 0.150. The summed E-state index contributed by atoms with van der Waals surface area (Å²) < 4.78 is 20.9. The lowest BCUT2D eigenvalue weighted by molar-refractivity contribution is -0.115. The van der Waals surface area contributed by atoms with E-state index in [1.54, 1.807) is 23.9 Å². The molecular weight excluding hydrogens is 379 g/mol. The van der Waals surface area contributed by atoms with Gasteiger partial charge in [0.25, 0.3) is 0 Å². The second-order valence-corrected chi connectivity index (χ2v) is 7.27. The van der Waals surface area contributed by atoms with Gasteiger partial charge in [0.2, 0.25) is 11.0 Å². The first kappa shape index (κ1) is 18.1. The van der Waals surface area contributed by atoms with Gasteiger partial charge in [0.1, 0.15) is 17.4 Å². The quantitative estimate of drug-likeness (QED) is 0.551. The van der Waals surface area contributed by atoms with Gasteiger partial charge in [-0.1, -0.05) is 23.5 Å². The number of anilines is 1. The summed E-state index contributed by atoms with van der Waals surface area (Å²) in [6.45, 7) is 1.84. The molecule has 0 aliphatic heterocycles. The van der Waals surface area contributed by atoms with E-state index < -0.39 is 0 Å². The van der Waals surface area contributed by atoms with E-state index >= 15 is 0 Å². The zero-order chi connectivity index (χ0) is 19.7. The number of methoxy groups -OCH3 is 1. The molecule has 0 unspecified atom stereocenters. The number of aromatic nitrogens is 3. The molecule has 2 heterocycles. The number of rotatable bonds is 5. The molecule has 1 amide bonds. The molecule has 142 valence electrons. The molecule has 2 aromatic heterocycles. The van der Waals surface area contributed by atoms with Gasteiger partial charge < -0.3 is 10.1 Å². The first-order valence-corrected chi connectivity index (χ1v) is 9.39. The smallest absolute Gasteiger partial charge is 0.229 e. The average molecular weight is 396 g/mol. The molecular formula is C20H17FN4O2S. The zero-order valence-corrected chi connectivity index (χ0v) is 16.1. The zero-order valence-electron chi connectivity index (χ0n) is 15.3. The third kappa shape index (κ3) is 3.72. The van der Waals surface area contributed by atoms with Crippen molar-refractivity contribution >= 4 is 33.3 Å². The summed E-state index contributed by atoms with van der Waals surface area (Å²) in [6, 6.07) is 13.6. The molecule has 4 rings (SSSR count). The van der Waals surface area contributed by atoms with Gasteiger partial charge >= 0.3 is 0 Å². The van der Waals surface area contributed by atoms with Crippen LogP contribution in [-0.4, -0.2) is 27.8 Å². The molecule has 4 aromatic rings. The highest BCUT2D eigenvalue weighted by Crippen LogP contribution is 2.28. The maximum atomic E-state index is 13.5. The molecule has 8 heteroatoms. The molecule has 1 N–H and O–H groups in total. The minimum Gasteiger partial charge on any atom is -0.497 e. The van der Waals surface area contributed by atoms with E-state index in [0.29, 0.717) is 16.5 Å². The fourth-order valence-electron chi connectivity index (χ4n) is 2.83. The number of carbonyl (C=O) groups is 1. The Labute approximate surface area is 164 Å². The monoisotopic (exact) mass is 396 g/mol. The molecule has 0 fully saturated rings. The summed E-state index contributed by atoms with van der Waals surface area (Å²) in [6.07, 6.45) is 0.222. The van der Waals surface area contributed by atoms with Gasteiger partial charge in [0.05, 0.1) is 29.4 Å². The third-order valence-electron chi connectivity index (χ3n) is 4.14.